The quantitative estimate of drug-likeness (QED) is 0.835. The predicted molar refractivity (Wildman–Crippen MR) is 75.7 cm³/mol. The van der Waals surface area contributed by atoms with Gasteiger partial charge in [0, 0.05) is 6.54 Å². The Morgan fingerprint density at radius 2 is 2.16 bits per heavy atom. The zero-order valence-corrected chi connectivity index (χ0v) is 12.3. The van der Waals surface area contributed by atoms with Crippen molar-refractivity contribution in [2.45, 2.75) is 32.9 Å². The van der Waals surface area contributed by atoms with Crippen LogP contribution in [0.2, 0.25) is 5.02 Å². The van der Waals surface area contributed by atoms with Gasteiger partial charge in [0.2, 0.25) is 0 Å². The molecule has 19 heavy (non-hydrogen) atoms. The summed E-state index contributed by atoms with van der Waals surface area (Å²) in [5, 5.41) is 12.6. The molecule has 104 valence electrons. The van der Waals surface area contributed by atoms with Gasteiger partial charge in [-0.3, -0.25) is 0 Å². The zero-order chi connectivity index (χ0) is 14.3. The van der Waals surface area contributed by atoms with Gasteiger partial charge < -0.3 is 14.8 Å². The highest BCUT2D eigenvalue weighted by Gasteiger charge is 2.16. The van der Waals surface area contributed by atoms with E-state index in [1.54, 1.807) is 7.11 Å². The standard InChI is InChI=1S/C14H19ClN2O2/c1-4-11(8-16)19-14-12(15)6-10(9-17-5-2)7-13(14)18-3/h6-7,11,17H,4-5,9H2,1-3H3. The maximum Gasteiger partial charge on any atom is 0.184 e. The highest BCUT2D eigenvalue weighted by atomic mass is 35.5. The molecule has 1 rings (SSSR count). The normalized spacial score (nSPS) is 11.7. The molecule has 0 aliphatic rings. The van der Waals surface area contributed by atoms with Crippen LogP contribution in [-0.2, 0) is 6.54 Å². The van der Waals surface area contributed by atoms with Gasteiger partial charge in [-0.25, -0.2) is 0 Å². The van der Waals surface area contributed by atoms with E-state index in [4.69, 9.17) is 26.3 Å². The number of rotatable bonds is 7. The summed E-state index contributed by atoms with van der Waals surface area (Å²) in [6.07, 6.45) is 0.0702. The van der Waals surface area contributed by atoms with Crippen LogP contribution in [0, 0.1) is 11.3 Å². The lowest BCUT2D eigenvalue weighted by molar-refractivity contribution is 0.239. The summed E-state index contributed by atoms with van der Waals surface area (Å²) >= 11 is 6.21. The summed E-state index contributed by atoms with van der Waals surface area (Å²) < 4.78 is 10.9. The number of hydrogen-bond donors (Lipinski definition) is 1. The fourth-order valence-corrected chi connectivity index (χ4v) is 1.88. The highest BCUT2D eigenvalue weighted by Crippen LogP contribution is 2.37. The molecule has 0 radical (unpaired) electrons. The van der Waals surface area contributed by atoms with Gasteiger partial charge in [0.25, 0.3) is 0 Å². The minimum Gasteiger partial charge on any atom is -0.493 e. The van der Waals surface area contributed by atoms with Gasteiger partial charge in [0.05, 0.1) is 12.1 Å². The van der Waals surface area contributed by atoms with Gasteiger partial charge in [0.1, 0.15) is 6.07 Å². The topological polar surface area (TPSA) is 54.3 Å². The smallest absolute Gasteiger partial charge is 0.184 e. The third-order valence-corrected chi connectivity index (χ3v) is 2.92. The van der Waals surface area contributed by atoms with E-state index in [0.717, 1.165) is 12.1 Å². The van der Waals surface area contributed by atoms with Crippen LogP contribution < -0.4 is 14.8 Å². The van der Waals surface area contributed by atoms with Crippen LogP contribution in [0.5, 0.6) is 11.5 Å². The number of nitrogens with one attached hydrogen (secondary N) is 1. The number of hydrogen-bond acceptors (Lipinski definition) is 4. The Kier molecular flexibility index (Phi) is 6.48. The Hall–Kier alpha value is -1.44. The number of nitrogens with zero attached hydrogens (tertiary/aromatic N) is 1. The molecule has 1 unspecified atom stereocenters. The third kappa shape index (κ3) is 4.30. The van der Waals surface area contributed by atoms with E-state index in [9.17, 15) is 0 Å². The molecule has 0 fully saturated rings. The largest absolute Gasteiger partial charge is 0.493 e. The summed E-state index contributed by atoms with van der Waals surface area (Å²) in [5.74, 6) is 0.979. The Labute approximate surface area is 119 Å². The predicted octanol–water partition coefficient (Wildman–Crippen LogP) is 3.14. The molecule has 0 saturated heterocycles. The third-order valence-electron chi connectivity index (χ3n) is 2.64. The molecule has 0 bridgehead atoms. The summed E-state index contributed by atoms with van der Waals surface area (Å²) in [7, 11) is 1.56. The van der Waals surface area contributed by atoms with Gasteiger partial charge in [0.15, 0.2) is 17.6 Å². The molecule has 0 saturated carbocycles. The van der Waals surface area contributed by atoms with Crippen molar-refractivity contribution in [2.75, 3.05) is 13.7 Å². The number of methoxy groups -OCH3 is 1. The Morgan fingerprint density at radius 3 is 2.68 bits per heavy atom. The minimum absolute atomic E-state index is 0.429. The molecule has 1 aromatic carbocycles. The molecule has 1 aromatic rings. The zero-order valence-electron chi connectivity index (χ0n) is 11.5. The molecule has 0 amide bonds. The molecule has 1 N–H and O–H groups in total. The van der Waals surface area contributed by atoms with Crippen molar-refractivity contribution in [3.8, 4) is 17.6 Å². The second kappa shape index (κ2) is 7.88. The van der Waals surface area contributed by atoms with Crippen LogP contribution in [0.15, 0.2) is 12.1 Å². The Bertz CT molecular complexity index is 457. The first-order valence-corrected chi connectivity index (χ1v) is 6.67. The van der Waals surface area contributed by atoms with E-state index in [1.165, 1.54) is 0 Å². The van der Waals surface area contributed by atoms with Crippen molar-refractivity contribution < 1.29 is 9.47 Å². The van der Waals surface area contributed by atoms with E-state index in [-0.39, 0.29) is 0 Å². The van der Waals surface area contributed by atoms with Gasteiger partial charge in [-0.05, 0) is 30.7 Å². The first kappa shape index (κ1) is 15.6. The van der Waals surface area contributed by atoms with Crippen molar-refractivity contribution in [1.82, 2.24) is 5.32 Å². The summed E-state index contributed by atoms with van der Waals surface area (Å²) in [4.78, 5) is 0. The highest BCUT2D eigenvalue weighted by molar-refractivity contribution is 6.32. The lowest BCUT2D eigenvalue weighted by Gasteiger charge is -2.16. The monoisotopic (exact) mass is 282 g/mol. The number of halogens is 1. The van der Waals surface area contributed by atoms with E-state index in [2.05, 4.69) is 11.4 Å². The second-order valence-corrected chi connectivity index (χ2v) is 4.44. The molecular formula is C14H19ClN2O2. The maximum absolute atomic E-state index is 8.94. The van der Waals surface area contributed by atoms with Crippen molar-refractivity contribution in [1.29, 1.82) is 5.26 Å². The van der Waals surface area contributed by atoms with Crippen molar-refractivity contribution in [3.05, 3.63) is 22.7 Å². The van der Waals surface area contributed by atoms with Gasteiger partial charge >= 0.3 is 0 Å². The van der Waals surface area contributed by atoms with Gasteiger partial charge in [-0.1, -0.05) is 25.4 Å². The molecule has 0 aromatic heterocycles. The molecular weight excluding hydrogens is 264 g/mol. The van der Waals surface area contributed by atoms with Crippen molar-refractivity contribution in [2.24, 2.45) is 0 Å². The maximum atomic E-state index is 8.94. The molecule has 0 heterocycles. The summed E-state index contributed by atoms with van der Waals surface area (Å²) in [5.41, 5.74) is 1.01. The van der Waals surface area contributed by atoms with E-state index < -0.39 is 6.10 Å². The number of ether oxygens (including phenoxy) is 2. The van der Waals surface area contributed by atoms with Crippen molar-refractivity contribution >= 4 is 11.6 Å². The van der Waals surface area contributed by atoms with Gasteiger partial charge in [-0.15, -0.1) is 0 Å². The SMILES string of the molecule is CCNCc1cc(Cl)c(OC(C#N)CC)c(OC)c1. The van der Waals surface area contributed by atoms with Crippen LogP contribution in [0.1, 0.15) is 25.8 Å². The lowest BCUT2D eigenvalue weighted by atomic mass is 10.2. The minimum atomic E-state index is -0.522. The first-order valence-electron chi connectivity index (χ1n) is 6.29. The fraction of sp³-hybridized carbons (Fsp3) is 0.500. The molecule has 1 atom stereocenters. The summed E-state index contributed by atoms with van der Waals surface area (Å²) in [6.45, 7) is 5.51. The molecule has 5 heteroatoms. The molecule has 0 aliphatic carbocycles. The molecule has 0 aliphatic heterocycles. The Balaban J connectivity index is 3.01. The van der Waals surface area contributed by atoms with Crippen LogP contribution in [0.3, 0.4) is 0 Å². The van der Waals surface area contributed by atoms with Crippen LogP contribution in [0.4, 0.5) is 0 Å². The lowest BCUT2D eigenvalue weighted by Crippen LogP contribution is -2.14. The van der Waals surface area contributed by atoms with Crippen LogP contribution in [0.25, 0.3) is 0 Å². The van der Waals surface area contributed by atoms with Gasteiger partial charge in [-0.2, -0.15) is 5.26 Å². The average Bonchev–Trinajstić information content (AvgIpc) is 2.43. The van der Waals surface area contributed by atoms with E-state index >= 15 is 0 Å². The molecule has 0 spiro atoms. The first-order chi connectivity index (χ1) is 9.15. The average molecular weight is 283 g/mol. The van der Waals surface area contributed by atoms with E-state index in [0.29, 0.717) is 29.5 Å². The Morgan fingerprint density at radius 1 is 1.42 bits per heavy atom. The number of nitriles is 1. The van der Waals surface area contributed by atoms with E-state index in [1.807, 2.05) is 26.0 Å². The summed E-state index contributed by atoms with van der Waals surface area (Å²) in [6, 6.07) is 5.77. The number of benzene rings is 1. The fourth-order valence-electron chi connectivity index (χ4n) is 1.60. The van der Waals surface area contributed by atoms with Crippen LogP contribution in [-0.4, -0.2) is 19.8 Å². The van der Waals surface area contributed by atoms with Crippen molar-refractivity contribution in [3.63, 3.8) is 0 Å². The second-order valence-electron chi connectivity index (χ2n) is 4.03. The van der Waals surface area contributed by atoms with Crippen LogP contribution >= 0.6 is 11.6 Å². The molecule has 4 nitrogen and oxygen atoms in total.